The number of methoxy groups -OCH3 is 1. The highest BCUT2D eigenvalue weighted by Gasteiger charge is 2.17. The van der Waals surface area contributed by atoms with Crippen molar-refractivity contribution < 1.29 is 22.4 Å². The summed E-state index contributed by atoms with van der Waals surface area (Å²) in [5.74, 6) is 1.12. The van der Waals surface area contributed by atoms with Gasteiger partial charge in [-0.25, -0.2) is 13.1 Å². The topological polar surface area (TPSA) is 97.6 Å². The molecular weight excluding hydrogens is 344 g/mol. The van der Waals surface area contributed by atoms with Gasteiger partial charge in [-0.05, 0) is 50.2 Å². The van der Waals surface area contributed by atoms with Crippen LogP contribution in [0.2, 0.25) is 0 Å². The molecule has 1 aromatic carbocycles. The standard InChI is InChI=1S/C17H22N2O5S/c1-12-4-9-16(24-12)13(2)19-17(20)14-5-7-15(8-6-14)25(21,22)18-10-11-23-3/h4-9,13,18H,10-11H2,1-3H3,(H,19,20). The molecule has 0 spiro atoms. The van der Waals surface area contributed by atoms with E-state index in [9.17, 15) is 13.2 Å². The van der Waals surface area contributed by atoms with Crippen LogP contribution in [0.25, 0.3) is 0 Å². The molecule has 0 radical (unpaired) electrons. The minimum atomic E-state index is -3.61. The van der Waals surface area contributed by atoms with Crippen molar-refractivity contribution in [1.82, 2.24) is 10.0 Å². The summed E-state index contributed by atoms with van der Waals surface area (Å²) in [6.45, 7) is 4.11. The Hall–Kier alpha value is -2.16. The summed E-state index contributed by atoms with van der Waals surface area (Å²) in [5.41, 5.74) is 0.367. The maximum atomic E-state index is 12.3. The smallest absolute Gasteiger partial charge is 0.251 e. The third kappa shape index (κ3) is 5.15. The fraction of sp³-hybridized carbons (Fsp3) is 0.353. The number of nitrogens with one attached hydrogen (secondary N) is 2. The first-order valence-electron chi connectivity index (χ1n) is 7.79. The number of aryl methyl sites for hydroxylation is 1. The summed E-state index contributed by atoms with van der Waals surface area (Å²) in [5, 5.41) is 2.81. The van der Waals surface area contributed by atoms with E-state index in [1.54, 1.807) is 0 Å². The van der Waals surface area contributed by atoms with Crippen molar-refractivity contribution in [2.24, 2.45) is 0 Å². The van der Waals surface area contributed by atoms with Gasteiger partial charge in [0.2, 0.25) is 10.0 Å². The van der Waals surface area contributed by atoms with Gasteiger partial charge in [0.15, 0.2) is 0 Å². The monoisotopic (exact) mass is 366 g/mol. The Morgan fingerprint density at radius 3 is 2.44 bits per heavy atom. The number of benzene rings is 1. The van der Waals surface area contributed by atoms with Crippen molar-refractivity contribution in [2.75, 3.05) is 20.3 Å². The molecule has 0 aliphatic carbocycles. The average molecular weight is 366 g/mol. The first kappa shape index (κ1) is 19.2. The minimum Gasteiger partial charge on any atom is -0.464 e. The minimum absolute atomic E-state index is 0.0925. The lowest BCUT2D eigenvalue weighted by Gasteiger charge is -2.12. The largest absolute Gasteiger partial charge is 0.464 e. The van der Waals surface area contributed by atoms with Gasteiger partial charge in [0.1, 0.15) is 11.5 Å². The maximum absolute atomic E-state index is 12.3. The predicted molar refractivity (Wildman–Crippen MR) is 92.8 cm³/mol. The van der Waals surface area contributed by atoms with E-state index in [-0.39, 0.29) is 30.0 Å². The quantitative estimate of drug-likeness (QED) is 0.697. The van der Waals surface area contributed by atoms with Crippen LogP contribution in [-0.4, -0.2) is 34.6 Å². The fourth-order valence-corrected chi connectivity index (χ4v) is 3.20. The Labute approximate surface area is 147 Å². The number of hydrogen-bond acceptors (Lipinski definition) is 5. The molecule has 1 aromatic heterocycles. The number of furan rings is 1. The zero-order chi connectivity index (χ0) is 18.4. The average Bonchev–Trinajstić information content (AvgIpc) is 3.01. The molecule has 1 heterocycles. The molecule has 1 atom stereocenters. The van der Waals surface area contributed by atoms with E-state index in [1.807, 2.05) is 26.0 Å². The van der Waals surface area contributed by atoms with Crippen LogP contribution < -0.4 is 10.0 Å². The predicted octanol–water partition coefficient (Wildman–Crippen LogP) is 2.00. The highest BCUT2D eigenvalue weighted by atomic mass is 32.2. The van der Waals surface area contributed by atoms with E-state index in [4.69, 9.17) is 9.15 Å². The Bertz CT molecular complexity index is 812. The molecule has 25 heavy (non-hydrogen) atoms. The van der Waals surface area contributed by atoms with Gasteiger partial charge in [-0.15, -0.1) is 0 Å². The molecule has 7 nitrogen and oxygen atoms in total. The third-order valence-corrected chi connectivity index (χ3v) is 5.04. The molecule has 8 heteroatoms. The molecule has 2 rings (SSSR count). The van der Waals surface area contributed by atoms with Crippen LogP contribution in [0.15, 0.2) is 45.7 Å². The normalized spacial score (nSPS) is 12.8. The van der Waals surface area contributed by atoms with Crippen LogP contribution in [0.1, 0.15) is 34.8 Å². The molecule has 1 unspecified atom stereocenters. The Morgan fingerprint density at radius 2 is 1.88 bits per heavy atom. The number of hydrogen-bond donors (Lipinski definition) is 2. The zero-order valence-electron chi connectivity index (χ0n) is 14.4. The lowest BCUT2D eigenvalue weighted by molar-refractivity contribution is 0.0935. The number of carbonyl (C=O) groups is 1. The Morgan fingerprint density at radius 1 is 1.20 bits per heavy atom. The Balaban J connectivity index is 2.02. The van der Waals surface area contributed by atoms with Crippen molar-refractivity contribution >= 4 is 15.9 Å². The molecule has 1 amide bonds. The van der Waals surface area contributed by atoms with Gasteiger partial charge in [-0.2, -0.15) is 0 Å². The van der Waals surface area contributed by atoms with Crippen LogP contribution in [0.3, 0.4) is 0 Å². The lowest BCUT2D eigenvalue weighted by atomic mass is 10.2. The van der Waals surface area contributed by atoms with E-state index < -0.39 is 10.0 Å². The van der Waals surface area contributed by atoms with Gasteiger partial charge < -0.3 is 14.5 Å². The van der Waals surface area contributed by atoms with E-state index in [0.29, 0.717) is 11.3 Å². The number of ether oxygens (including phenoxy) is 1. The number of rotatable bonds is 8. The SMILES string of the molecule is COCCNS(=O)(=O)c1ccc(C(=O)NC(C)c2ccc(C)o2)cc1. The summed E-state index contributed by atoms with van der Waals surface area (Å²) >= 11 is 0. The molecule has 0 aliphatic rings. The Kier molecular flexibility index (Phi) is 6.35. The summed E-state index contributed by atoms with van der Waals surface area (Å²) in [7, 11) is -2.12. The van der Waals surface area contributed by atoms with Gasteiger partial charge >= 0.3 is 0 Å². The van der Waals surface area contributed by atoms with Crippen molar-refractivity contribution in [3.05, 3.63) is 53.5 Å². The maximum Gasteiger partial charge on any atom is 0.251 e. The summed E-state index contributed by atoms with van der Waals surface area (Å²) in [6, 6.07) is 9.08. The summed E-state index contributed by atoms with van der Waals surface area (Å²) < 4.78 is 36.9. The third-order valence-electron chi connectivity index (χ3n) is 3.56. The second kappa shape index (κ2) is 8.28. The molecule has 136 valence electrons. The van der Waals surface area contributed by atoms with Crippen molar-refractivity contribution in [3.63, 3.8) is 0 Å². The highest BCUT2D eigenvalue weighted by Crippen LogP contribution is 2.17. The molecule has 0 aliphatic heterocycles. The van der Waals surface area contributed by atoms with Crippen LogP contribution >= 0.6 is 0 Å². The molecule has 0 saturated heterocycles. The van der Waals surface area contributed by atoms with E-state index in [1.165, 1.54) is 31.4 Å². The zero-order valence-corrected chi connectivity index (χ0v) is 15.2. The van der Waals surface area contributed by atoms with E-state index in [0.717, 1.165) is 5.76 Å². The second-order valence-corrected chi connectivity index (χ2v) is 7.33. The number of sulfonamides is 1. The van der Waals surface area contributed by atoms with Crippen molar-refractivity contribution in [3.8, 4) is 0 Å². The van der Waals surface area contributed by atoms with Crippen LogP contribution in [0, 0.1) is 6.92 Å². The van der Waals surface area contributed by atoms with Crippen LogP contribution in [-0.2, 0) is 14.8 Å². The molecule has 0 bridgehead atoms. The van der Waals surface area contributed by atoms with Crippen LogP contribution in [0.4, 0.5) is 0 Å². The molecule has 2 aromatic rings. The number of amides is 1. The molecule has 0 fully saturated rings. The molecule has 0 saturated carbocycles. The molecular formula is C17H22N2O5S. The van der Waals surface area contributed by atoms with Gasteiger partial charge in [0.25, 0.3) is 5.91 Å². The number of carbonyl (C=O) groups excluding carboxylic acids is 1. The van der Waals surface area contributed by atoms with Crippen LogP contribution in [0.5, 0.6) is 0 Å². The lowest BCUT2D eigenvalue weighted by Crippen LogP contribution is -2.28. The first-order valence-corrected chi connectivity index (χ1v) is 9.27. The van der Waals surface area contributed by atoms with Gasteiger partial charge in [-0.3, -0.25) is 4.79 Å². The summed E-state index contributed by atoms with van der Waals surface area (Å²) in [4.78, 5) is 12.4. The fourth-order valence-electron chi connectivity index (χ4n) is 2.18. The van der Waals surface area contributed by atoms with Crippen molar-refractivity contribution in [1.29, 1.82) is 0 Å². The van der Waals surface area contributed by atoms with Gasteiger partial charge in [-0.1, -0.05) is 0 Å². The van der Waals surface area contributed by atoms with Gasteiger partial charge in [0.05, 0.1) is 17.5 Å². The van der Waals surface area contributed by atoms with E-state index >= 15 is 0 Å². The molecule has 2 N–H and O–H groups in total. The van der Waals surface area contributed by atoms with Gasteiger partial charge in [0, 0.05) is 19.2 Å². The van der Waals surface area contributed by atoms with Crippen molar-refractivity contribution in [2.45, 2.75) is 24.8 Å². The first-order chi connectivity index (χ1) is 11.8. The second-order valence-electron chi connectivity index (χ2n) is 5.56. The van der Waals surface area contributed by atoms with E-state index in [2.05, 4.69) is 10.0 Å². The highest BCUT2D eigenvalue weighted by molar-refractivity contribution is 7.89. The summed E-state index contributed by atoms with van der Waals surface area (Å²) in [6.07, 6.45) is 0.